The van der Waals surface area contributed by atoms with Crippen LogP contribution in [-0.2, 0) is 6.61 Å². The molecule has 38 heavy (non-hydrogen) atoms. The van der Waals surface area contributed by atoms with Crippen molar-refractivity contribution in [3.8, 4) is 28.4 Å². The third-order valence-electron chi connectivity index (χ3n) is 7.23. The first-order valence-corrected chi connectivity index (χ1v) is 13.9. The molecule has 3 aromatic carbocycles. The molecule has 6 rings (SSSR count). The van der Waals surface area contributed by atoms with Crippen LogP contribution in [0.4, 0.5) is 0 Å². The summed E-state index contributed by atoms with van der Waals surface area (Å²) in [6.45, 7) is 2.36. The van der Waals surface area contributed by atoms with Crippen molar-refractivity contribution in [2.24, 2.45) is 0 Å². The predicted octanol–water partition coefficient (Wildman–Crippen LogP) is 7.92. The minimum Gasteiger partial charge on any atom is -0.488 e. The number of aromatic carboxylic acids is 1. The molecule has 1 aliphatic carbocycles. The van der Waals surface area contributed by atoms with Gasteiger partial charge in [0.25, 0.3) is 0 Å². The fourth-order valence-corrected chi connectivity index (χ4v) is 6.24. The number of hydrogen-bond acceptors (Lipinski definition) is 5. The highest BCUT2D eigenvalue weighted by Crippen LogP contribution is 2.36. The van der Waals surface area contributed by atoms with Gasteiger partial charge in [0.2, 0.25) is 0 Å². The Hall–Kier alpha value is -3.97. The van der Waals surface area contributed by atoms with Crippen molar-refractivity contribution in [1.82, 2.24) is 14.5 Å². The molecule has 7 heteroatoms. The third-order valence-corrected chi connectivity index (χ3v) is 8.17. The Bertz CT molecular complexity index is 1580. The number of thiazole rings is 1. The average molecular weight is 524 g/mol. The number of hydrogen-bond donors (Lipinski definition) is 1. The number of rotatable bonds is 7. The Labute approximate surface area is 225 Å². The largest absolute Gasteiger partial charge is 0.488 e. The molecule has 6 nitrogen and oxygen atoms in total. The SMILES string of the molecule is Cc1nc(-c2ccc(C(=O)O)cc2)c(COc2ccc(-c3nc4ccccc4n3C3CCCCC3)cc2)s1. The van der Waals surface area contributed by atoms with E-state index in [4.69, 9.17) is 9.72 Å². The highest BCUT2D eigenvalue weighted by Gasteiger charge is 2.22. The molecular weight excluding hydrogens is 494 g/mol. The number of ether oxygens (including phenoxy) is 1. The topological polar surface area (TPSA) is 77.2 Å². The van der Waals surface area contributed by atoms with Crippen molar-refractivity contribution in [2.75, 3.05) is 0 Å². The maximum atomic E-state index is 11.2. The van der Waals surface area contributed by atoms with Crippen molar-refractivity contribution < 1.29 is 14.6 Å². The smallest absolute Gasteiger partial charge is 0.335 e. The maximum absolute atomic E-state index is 11.2. The van der Waals surface area contributed by atoms with E-state index in [1.165, 1.54) is 37.6 Å². The molecule has 2 heterocycles. The summed E-state index contributed by atoms with van der Waals surface area (Å²) in [6.07, 6.45) is 6.26. The Kier molecular flexibility index (Phi) is 6.68. The molecule has 2 aromatic heterocycles. The van der Waals surface area contributed by atoms with Gasteiger partial charge in [-0.3, -0.25) is 0 Å². The lowest BCUT2D eigenvalue weighted by molar-refractivity contribution is 0.0697. The zero-order valence-electron chi connectivity index (χ0n) is 21.3. The van der Waals surface area contributed by atoms with Gasteiger partial charge in [-0.1, -0.05) is 43.5 Å². The standard InChI is InChI=1S/C31H29N3O3S/c1-20-32-29(21-11-13-23(14-12-21)31(35)36)28(38-20)19-37-25-17-15-22(16-18-25)30-33-26-9-5-6-10-27(26)34(30)24-7-3-2-4-8-24/h5-6,9-18,24H,2-4,7-8,19H2,1H3,(H,35,36). The van der Waals surface area contributed by atoms with Gasteiger partial charge in [-0.15, -0.1) is 11.3 Å². The van der Waals surface area contributed by atoms with Crippen LogP contribution in [0.1, 0.15) is 58.4 Å². The molecule has 1 aliphatic rings. The van der Waals surface area contributed by atoms with E-state index in [-0.39, 0.29) is 5.56 Å². The molecule has 0 bridgehead atoms. The van der Waals surface area contributed by atoms with E-state index in [2.05, 4.69) is 45.9 Å². The van der Waals surface area contributed by atoms with E-state index in [1.54, 1.807) is 35.6 Å². The first kappa shape index (κ1) is 24.4. The fourth-order valence-electron chi connectivity index (χ4n) is 5.37. The summed E-state index contributed by atoms with van der Waals surface area (Å²) in [5, 5.41) is 10.1. The van der Waals surface area contributed by atoms with E-state index in [0.29, 0.717) is 12.6 Å². The van der Waals surface area contributed by atoms with E-state index in [9.17, 15) is 9.90 Å². The van der Waals surface area contributed by atoms with Crippen LogP contribution in [0.15, 0.2) is 72.8 Å². The molecule has 1 N–H and O–H groups in total. The molecule has 0 saturated heterocycles. The summed E-state index contributed by atoms with van der Waals surface area (Å²) in [5.74, 6) is 0.870. The number of nitrogens with zero attached hydrogens (tertiary/aromatic N) is 3. The number of fused-ring (bicyclic) bond motifs is 1. The molecule has 0 spiro atoms. The zero-order chi connectivity index (χ0) is 26.1. The van der Waals surface area contributed by atoms with Crippen LogP contribution in [0.3, 0.4) is 0 Å². The van der Waals surface area contributed by atoms with Crippen molar-refractivity contribution in [3.63, 3.8) is 0 Å². The van der Waals surface area contributed by atoms with E-state index in [0.717, 1.165) is 43.8 Å². The zero-order valence-corrected chi connectivity index (χ0v) is 22.1. The van der Waals surface area contributed by atoms with E-state index < -0.39 is 5.97 Å². The third kappa shape index (κ3) is 4.82. The first-order chi connectivity index (χ1) is 18.6. The number of carboxylic acids is 1. The predicted molar refractivity (Wildman–Crippen MR) is 151 cm³/mol. The minimum atomic E-state index is -0.938. The summed E-state index contributed by atoms with van der Waals surface area (Å²) in [5.41, 5.74) is 5.32. The molecule has 0 unspecified atom stereocenters. The Morgan fingerprint density at radius 2 is 1.66 bits per heavy atom. The number of carbonyl (C=O) groups is 1. The van der Waals surface area contributed by atoms with Crippen LogP contribution in [0.5, 0.6) is 5.75 Å². The molecular formula is C31H29N3O3S. The Morgan fingerprint density at radius 1 is 0.947 bits per heavy atom. The van der Waals surface area contributed by atoms with Gasteiger partial charge in [-0.25, -0.2) is 14.8 Å². The second-order valence-corrected chi connectivity index (χ2v) is 11.1. The lowest BCUT2D eigenvalue weighted by Gasteiger charge is -2.25. The minimum absolute atomic E-state index is 0.260. The maximum Gasteiger partial charge on any atom is 0.335 e. The van der Waals surface area contributed by atoms with Gasteiger partial charge in [0.05, 0.1) is 32.2 Å². The molecule has 1 fully saturated rings. The summed E-state index contributed by atoms with van der Waals surface area (Å²) >= 11 is 1.59. The lowest BCUT2D eigenvalue weighted by Crippen LogP contribution is -2.13. The van der Waals surface area contributed by atoms with Crippen molar-refractivity contribution in [3.05, 3.63) is 88.2 Å². The van der Waals surface area contributed by atoms with Gasteiger partial charge in [0, 0.05) is 17.2 Å². The van der Waals surface area contributed by atoms with Gasteiger partial charge in [0.1, 0.15) is 18.2 Å². The average Bonchev–Trinajstić information content (AvgIpc) is 3.53. The quantitative estimate of drug-likeness (QED) is 0.234. The summed E-state index contributed by atoms with van der Waals surface area (Å²) in [7, 11) is 0. The van der Waals surface area contributed by atoms with Crippen LogP contribution in [0.2, 0.25) is 0 Å². The van der Waals surface area contributed by atoms with Gasteiger partial charge < -0.3 is 14.4 Å². The number of benzene rings is 3. The number of aryl methyl sites for hydroxylation is 1. The van der Waals surface area contributed by atoms with Crippen LogP contribution >= 0.6 is 11.3 Å². The van der Waals surface area contributed by atoms with Crippen LogP contribution in [-0.4, -0.2) is 25.6 Å². The van der Waals surface area contributed by atoms with Gasteiger partial charge >= 0.3 is 5.97 Å². The van der Waals surface area contributed by atoms with Crippen LogP contribution < -0.4 is 4.74 Å². The van der Waals surface area contributed by atoms with Crippen molar-refractivity contribution in [1.29, 1.82) is 0 Å². The highest BCUT2D eigenvalue weighted by atomic mass is 32.1. The van der Waals surface area contributed by atoms with Crippen molar-refractivity contribution >= 4 is 28.3 Å². The summed E-state index contributed by atoms with van der Waals surface area (Å²) in [4.78, 5) is 21.9. The number of carboxylic acid groups (broad SMARTS) is 1. The molecule has 0 atom stereocenters. The van der Waals surface area contributed by atoms with Gasteiger partial charge in [0.15, 0.2) is 0 Å². The van der Waals surface area contributed by atoms with E-state index in [1.807, 2.05) is 19.1 Å². The second kappa shape index (κ2) is 10.4. The van der Waals surface area contributed by atoms with E-state index >= 15 is 0 Å². The van der Waals surface area contributed by atoms with Crippen LogP contribution in [0.25, 0.3) is 33.7 Å². The normalized spacial score (nSPS) is 14.1. The Morgan fingerprint density at radius 3 is 2.39 bits per heavy atom. The van der Waals surface area contributed by atoms with Gasteiger partial charge in [-0.05, 0) is 68.3 Å². The number of imidazole rings is 1. The second-order valence-electron chi connectivity index (χ2n) is 9.79. The molecule has 0 amide bonds. The monoisotopic (exact) mass is 523 g/mol. The van der Waals surface area contributed by atoms with Crippen molar-refractivity contribution in [2.45, 2.75) is 51.7 Å². The molecule has 5 aromatic rings. The highest BCUT2D eigenvalue weighted by molar-refractivity contribution is 7.12. The molecule has 192 valence electrons. The fraction of sp³-hybridized carbons (Fsp3) is 0.258. The first-order valence-electron chi connectivity index (χ1n) is 13.1. The number of para-hydroxylation sites is 2. The van der Waals surface area contributed by atoms with Crippen LogP contribution in [0, 0.1) is 6.92 Å². The molecule has 0 aliphatic heterocycles. The number of aromatic nitrogens is 3. The summed E-state index contributed by atoms with van der Waals surface area (Å²) in [6, 6.07) is 23.9. The summed E-state index contributed by atoms with van der Waals surface area (Å²) < 4.78 is 8.63. The molecule has 0 radical (unpaired) electrons. The Balaban J connectivity index is 1.23. The lowest BCUT2D eigenvalue weighted by atomic mass is 9.95. The van der Waals surface area contributed by atoms with Gasteiger partial charge in [-0.2, -0.15) is 0 Å². The molecule has 1 saturated carbocycles.